The van der Waals surface area contributed by atoms with Gasteiger partial charge in [-0.2, -0.15) is 0 Å². The minimum Gasteiger partial charge on any atom is -0.395 e. The summed E-state index contributed by atoms with van der Waals surface area (Å²) in [4.78, 5) is 4.97. The van der Waals surface area contributed by atoms with Crippen molar-refractivity contribution in [3.63, 3.8) is 0 Å². The summed E-state index contributed by atoms with van der Waals surface area (Å²) < 4.78 is 5.43. The lowest BCUT2D eigenvalue weighted by atomic mass is 9.95. The van der Waals surface area contributed by atoms with Crippen molar-refractivity contribution in [1.29, 1.82) is 0 Å². The van der Waals surface area contributed by atoms with E-state index in [1.165, 1.54) is 5.71 Å². The van der Waals surface area contributed by atoms with E-state index in [1.807, 2.05) is 0 Å². The van der Waals surface area contributed by atoms with Gasteiger partial charge in [0, 0.05) is 6.42 Å². The van der Waals surface area contributed by atoms with Crippen LogP contribution >= 0.6 is 0 Å². The van der Waals surface area contributed by atoms with Crippen molar-refractivity contribution in [1.82, 2.24) is 0 Å². The third-order valence-electron chi connectivity index (χ3n) is 2.17. The number of oxime groups is 1. The van der Waals surface area contributed by atoms with Gasteiger partial charge in [-0.25, -0.2) is 0 Å². The molecule has 0 aromatic heterocycles. The molecular formula is C7H11NO2. The molecule has 2 heterocycles. The van der Waals surface area contributed by atoms with Gasteiger partial charge in [0.2, 0.25) is 0 Å². The highest BCUT2D eigenvalue weighted by molar-refractivity contribution is 5.88. The van der Waals surface area contributed by atoms with E-state index in [4.69, 9.17) is 9.57 Å². The van der Waals surface area contributed by atoms with Gasteiger partial charge >= 0.3 is 0 Å². The summed E-state index contributed by atoms with van der Waals surface area (Å²) in [5.41, 5.74) is 1.19. The van der Waals surface area contributed by atoms with Crippen molar-refractivity contribution in [2.75, 3.05) is 13.2 Å². The van der Waals surface area contributed by atoms with Gasteiger partial charge in [0.25, 0.3) is 0 Å². The molecule has 0 aliphatic carbocycles. The third-order valence-corrected chi connectivity index (χ3v) is 2.17. The molecule has 3 heteroatoms. The average molecular weight is 141 g/mol. The Morgan fingerprint density at radius 3 is 3.30 bits per heavy atom. The number of fused-ring (bicyclic) bond motifs is 1. The van der Waals surface area contributed by atoms with Crippen molar-refractivity contribution in [2.45, 2.75) is 19.4 Å². The van der Waals surface area contributed by atoms with Gasteiger partial charge in [0.05, 0.1) is 24.3 Å². The van der Waals surface area contributed by atoms with Crippen molar-refractivity contribution in [3.05, 3.63) is 0 Å². The van der Waals surface area contributed by atoms with Crippen LogP contribution in [0.4, 0.5) is 0 Å². The van der Waals surface area contributed by atoms with Gasteiger partial charge in [0.1, 0.15) is 6.61 Å². The Bertz CT molecular complexity index is 167. The van der Waals surface area contributed by atoms with Gasteiger partial charge in [0.15, 0.2) is 0 Å². The molecule has 2 atom stereocenters. The summed E-state index contributed by atoms with van der Waals surface area (Å²) in [5.74, 6) is 0.439. The molecule has 2 rings (SSSR count). The van der Waals surface area contributed by atoms with Crippen molar-refractivity contribution < 1.29 is 9.57 Å². The van der Waals surface area contributed by atoms with E-state index in [9.17, 15) is 0 Å². The fourth-order valence-electron chi connectivity index (χ4n) is 1.47. The number of rotatable bonds is 0. The van der Waals surface area contributed by atoms with Crippen LogP contribution in [0, 0.1) is 5.92 Å². The van der Waals surface area contributed by atoms with Crippen LogP contribution < -0.4 is 0 Å². The summed E-state index contributed by atoms with van der Waals surface area (Å²) in [6.07, 6.45) is 1.25. The summed E-state index contributed by atoms with van der Waals surface area (Å²) in [5, 5.41) is 3.94. The van der Waals surface area contributed by atoms with Crippen LogP contribution in [-0.2, 0) is 9.57 Å². The maximum Gasteiger partial charge on any atom is 0.127 e. The maximum absolute atomic E-state index is 5.43. The van der Waals surface area contributed by atoms with Crippen molar-refractivity contribution in [3.8, 4) is 0 Å². The highest BCUT2D eigenvalue weighted by Gasteiger charge is 2.32. The fraction of sp³-hybridized carbons (Fsp3) is 0.857. The molecule has 0 aromatic carbocycles. The highest BCUT2D eigenvalue weighted by atomic mass is 16.6. The maximum atomic E-state index is 5.43. The molecule has 1 saturated heterocycles. The molecule has 0 aromatic rings. The molecule has 3 nitrogen and oxygen atoms in total. The Kier molecular flexibility index (Phi) is 1.38. The summed E-state index contributed by atoms with van der Waals surface area (Å²) >= 11 is 0. The van der Waals surface area contributed by atoms with Crippen LogP contribution in [0.15, 0.2) is 5.16 Å². The van der Waals surface area contributed by atoms with Gasteiger partial charge in [-0.05, 0) is 6.92 Å². The zero-order valence-electron chi connectivity index (χ0n) is 6.04. The van der Waals surface area contributed by atoms with E-state index < -0.39 is 0 Å². The standard InChI is InChI=1S/C7H11NO2/c1-5-6-4-10-8-7(6)2-3-9-5/h5-6H,2-4H2,1H3/t5-,6-/m1/s1. The lowest BCUT2D eigenvalue weighted by Gasteiger charge is -2.24. The molecule has 2 aliphatic heterocycles. The van der Waals surface area contributed by atoms with Gasteiger partial charge in [-0.1, -0.05) is 5.16 Å². The first-order chi connectivity index (χ1) is 4.88. The molecule has 56 valence electrons. The van der Waals surface area contributed by atoms with E-state index >= 15 is 0 Å². The molecule has 0 saturated carbocycles. The molecule has 1 fully saturated rings. The third kappa shape index (κ3) is 0.814. The first kappa shape index (κ1) is 6.16. The second-order valence-corrected chi connectivity index (χ2v) is 2.81. The normalized spacial score (nSPS) is 38.3. The van der Waals surface area contributed by atoms with Crippen LogP contribution in [0.25, 0.3) is 0 Å². The second kappa shape index (κ2) is 2.23. The quantitative estimate of drug-likeness (QED) is 0.499. The largest absolute Gasteiger partial charge is 0.395 e. The molecule has 10 heavy (non-hydrogen) atoms. The van der Waals surface area contributed by atoms with Crippen molar-refractivity contribution >= 4 is 5.71 Å². The van der Waals surface area contributed by atoms with Crippen LogP contribution in [0.2, 0.25) is 0 Å². The Morgan fingerprint density at radius 1 is 1.60 bits per heavy atom. The molecule has 2 aliphatic rings. The fourth-order valence-corrected chi connectivity index (χ4v) is 1.47. The number of ether oxygens (including phenoxy) is 1. The van der Waals surface area contributed by atoms with Crippen molar-refractivity contribution in [2.24, 2.45) is 11.1 Å². The second-order valence-electron chi connectivity index (χ2n) is 2.81. The molecule has 0 spiro atoms. The zero-order valence-corrected chi connectivity index (χ0v) is 6.04. The molecule has 0 radical (unpaired) electrons. The van der Waals surface area contributed by atoms with E-state index in [2.05, 4.69) is 12.1 Å². The van der Waals surface area contributed by atoms with Gasteiger partial charge < -0.3 is 9.57 Å². The molecule has 0 bridgehead atoms. The Morgan fingerprint density at radius 2 is 2.50 bits per heavy atom. The van der Waals surface area contributed by atoms with Crippen LogP contribution in [0.1, 0.15) is 13.3 Å². The first-order valence-electron chi connectivity index (χ1n) is 3.68. The first-order valence-corrected chi connectivity index (χ1v) is 3.68. The predicted octanol–water partition coefficient (Wildman–Crippen LogP) is 0.798. The number of hydrogen-bond acceptors (Lipinski definition) is 3. The number of nitrogens with zero attached hydrogens (tertiary/aromatic N) is 1. The lowest BCUT2D eigenvalue weighted by molar-refractivity contribution is 0.0178. The SMILES string of the molecule is C[C@H]1OCCC2=NOC[C@@H]21. The van der Waals surface area contributed by atoms with Gasteiger partial charge in [-0.3, -0.25) is 0 Å². The van der Waals surface area contributed by atoms with E-state index in [0.717, 1.165) is 19.6 Å². The number of hydrogen-bond donors (Lipinski definition) is 0. The average Bonchev–Trinajstić information content (AvgIpc) is 2.36. The predicted molar refractivity (Wildman–Crippen MR) is 36.9 cm³/mol. The van der Waals surface area contributed by atoms with Crippen LogP contribution in [-0.4, -0.2) is 25.0 Å². The van der Waals surface area contributed by atoms with Gasteiger partial charge in [-0.15, -0.1) is 0 Å². The van der Waals surface area contributed by atoms with E-state index in [1.54, 1.807) is 0 Å². The molecule has 0 amide bonds. The molecule has 0 unspecified atom stereocenters. The van der Waals surface area contributed by atoms with E-state index in [0.29, 0.717) is 12.0 Å². The summed E-state index contributed by atoms with van der Waals surface area (Å²) in [6, 6.07) is 0. The topological polar surface area (TPSA) is 30.8 Å². The molecular weight excluding hydrogens is 130 g/mol. The smallest absolute Gasteiger partial charge is 0.127 e. The minimum atomic E-state index is 0.301. The van der Waals surface area contributed by atoms with E-state index in [-0.39, 0.29) is 0 Å². The zero-order chi connectivity index (χ0) is 6.97. The Balaban J connectivity index is 2.13. The summed E-state index contributed by atoms with van der Waals surface area (Å²) in [6.45, 7) is 3.60. The van der Waals surface area contributed by atoms with Crippen LogP contribution in [0.3, 0.4) is 0 Å². The summed E-state index contributed by atoms with van der Waals surface area (Å²) in [7, 11) is 0. The lowest BCUT2D eigenvalue weighted by Crippen LogP contribution is -2.34. The Hall–Kier alpha value is -0.570. The highest BCUT2D eigenvalue weighted by Crippen LogP contribution is 2.23. The minimum absolute atomic E-state index is 0.301. The molecule has 0 N–H and O–H groups in total. The Labute approximate surface area is 60.0 Å². The monoisotopic (exact) mass is 141 g/mol. The van der Waals surface area contributed by atoms with Crippen LogP contribution in [0.5, 0.6) is 0 Å².